The average Bonchev–Trinajstić information content (AvgIpc) is 2.62. The van der Waals surface area contributed by atoms with Crippen molar-refractivity contribution in [2.45, 2.75) is 38.8 Å². The van der Waals surface area contributed by atoms with Gasteiger partial charge in [-0.2, -0.15) is 8.78 Å². The van der Waals surface area contributed by atoms with Crippen molar-refractivity contribution < 1.29 is 18.4 Å². The number of rotatable bonds is 3. The van der Waals surface area contributed by atoms with Crippen molar-refractivity contribution in [2.24, 2.45) is 5.41 Å². The van der Waals surface area contributed by atoms with Crippen LogP contribution in [0.2, 0.25) is 0 Å². The van der Waals surface area contributed by atoms with E-state index in [2.05, 4.69) is 10.6 Å². The van der Waals surface area contributed by atoms with E-state index in [-0.39, 0.29) is 5.91 Å². The maximum Gasteiger partial charge on any atom is 0.321 e. The molecule has 114 valence electrons. The van der Waals surface area contributed by atoms with E-state index in [9.17, 15) is 18.4 Å². The van der Waals surface area contributed by atoms with Crippen LogP contribution in [0.5, 0.6) is 0 Å². The molecular formula is C15H18F2N2O2. The molecule has 1 fully saturated rings. The van der Waals surface area contributed by atoms with Gasteiger partial charge in [-0.3, -0.25) is 9.59 Å². The van der Waals surface area contributed by atoms with Crippen LogP contribution in [-0.4, -0.2) is 23.8 Å². The summed E-state index contributed by atoms with van der Waals surface area (Å²) in [6.45, 7) is 3.80. The van der Waals surface area contributed by atoms with Crippen molar-refractivity contribution >= 4 is 11.8 Å². The number of benzene rings is 1. The molecule has 0 unspecified atom stereocenters. The Morgan fingerprint density at radius 1 is 1.29 bits per heavy atom. The van der Waals surface area contributed by atoms with Gasteiger partial charge in [-0.15, -0.1) is 0 Å². The zero-order valence-electron chi connectivity index (χ0n) is 12.1. The SMILES string of the molecule is CC(F)(F)C(=O)N[C@@H]1[C@@H](c2ccccc2)NC(=O)C1(C)C. The van der Waals surface area contributed by atoms with Crippen molar-refractivity contribution in [3.63, 3.8) is 0 Å². The Kier molecular flexibility index (Phi) is 3.74. The van der Waals surface area contributed by atoms with Crippen LogP contribution in [0.4, 0.5) is 8.78 Å². The Bertz CT molecular complexity index is 553. The van der Waals surface area contributed by atoms with Crippen molar-refractivity contribution in [3.05, 3.63) is 35.9 Å². The number of hydrogen-bond donors (Lipinski definition) is 2. The van der Waals surface area contributed by atoms with Crippen LogP contribution in [0.3, 0.4) is 0 Å². The first-order valence-corrected chi connectivity index (χ1v) is 6.68. The van der Waals surface area contributed by atoms with Gasteiger partial charge in [0.15, 0.2) is 0 Å². The Balaban J connectivity index is 2.32. The minimum Gasteiger partial charge on any atom is -0.347 e. The van der Waals surface area contributed by atoms with Crippen molar-refractivity contribution in [2.75, 3.05) is 0 Å². The van der Waals surface area contributed by atoms with Gasteiger partial charge in [0.05, 0.1) is 17.5 Å². The highest BCUT2D eigenvalue weighted by Gasteiger charge is 2.51. The second-order valence-electron chi connectivity index (χ2n) is 5.92. The van der Waals surface area contributed by atoms with E-state index >= 15 is 0 Å². The second kappa shape index (κ2) is 5.09. The number of alkyl halides is 2. The van der Waals surface area contributed by atoms with Gasteiger partial charge in [0.2, 0.25) is 5.91 Å². The van der Waals surface area contributed by atoms with E-state index in [1.807, 2.05) is 6.07 Å². The van der Waals surface area contributed by atoms with Gasteiger partial charge in [-0.05, 0) is 19.4 Å². The summed E-state index contributed by atoms with van der Waals surface area (Å²) in [5, 5.41) is 5.08. The maximum absolute atomic E-state index is 13.1. The molecule has 1 heterocycles. The summed E-state index contributed by atoms with van der Waals surface area (Å²) in [6.07, 6.45) is 0. The lowest BCUT2D eigenvalue weighted by atomic mass is 9.82. The lowest BCUT2D eigenvalue weighted by Crippen LogP contribution is -2.51. The molecule has 1 saturated heterocycles. The van der Waals surface area contributed by atoms with Crippen LogP contribution in [0.1, 0.15) is 32.4 Å². The number of carbonyl (C=O) groups excluding carboxylic acids is 2. The average molecular weight is 296 g/mol. The van der Waals surface area contributed by atoms with Crippen LogP contribution in [-0.2, 0) is 9.59 Å². The third kappa shape index (κ3) is 2.89. The molecular weight excluding hydrogens is 278 g/mol. The third-order valence-electron chi connectivity index (χ3n) is 3.83. The van der Waals surface area contributed by atoms with Crippen LogP contribution >= 0.6 is 0 Å². The van der Waals surface area contributed by atoms with Gasteiger partial charge in [-0.1, -0.05) is 30.3 Å². The van der Waals surface area contributed by atoms with Crippen molar-refractivity contribution in [1.29, 1.82) is 0 Å². The molecule has 1 aliphatic heterocycles. The summed E-state index contributed by atoms with van der Waals surface area (Å²) in [7, 11) is 0. The molecule has 0 aliphatic carbocycles. The highest BCUT2D eigenvalue weighted by Crippen LogP contribution is 2.37. The van der Waals surface area contributed by atoms with E-state index in [4.69, 9.17) is 0 Å². The standard InChI is InChI=1S/C15H18F2N2O2/c1-14(2)11(19-13(21)15(3,16)17)10(18-12(14)20)9-7-5-4-6-8-9/h4-8,10-11H,1-3H3,(H,18,20)(H,19,21)/t10-,11-/m1/s1. The molecule has 1 aromatic carbocycles. The molecule has 2 N–H and O–H groups in total. The highest BCUT2D eigenvalue weighted by atomic mass is 19.3. The summed E-state index contributed by atoms with van der Waals surface area (Å²) in [5.41, 5.74) is -0.206. The molecule has 0 saturated carbocycles. The minimum absolute atomic E-state index is 0.277. The Morgan fingerprint density at radius 2 is 1.86 bits per heavy atom. The fourth-order valence-electron chi connectivity index (χ4n) is 2.44. The van der Waals surface area contributed by atoms with Gasteiger partial charge < -0.3 is 10.6 Å². The van der Waals surface area contributed by atoms with Crippen molar-refractivity contribution in [3.8, 4) is 0 Å². The number of amides is 2. The summed E-state index contributed by atoms with van der Waals surface area (Å²) >= 11 is 0. The van der Waals surface area contributed by atoms with Crippen molar-refractivity contribution in [1.82, 2.24) is 10.6 Å². The number of halogens is 2. The smallest absolute Gasteiger partial charge is 0.321 e. The monoisotopic (exact) mass is 296 g/mol. The molecule has 1 aliphatic rings. The molecule has 2 rings (SSSR count). The fraction of sp³-hybridized carbons (Fsp3) is 0.467. The largest absolute Gasteiger partial charge is 0.347 e. The Morgan fingerprint density at radius 3 is 2.38 bits per heavy atom. The van der Waals surface area contributed by atoms with Gasteiger partial charge in [0.1, 0.15) is 0 Å². The first-order valence-electron chi connectivity index (χ1n) is 6.68. The molecule has 1 aromatic rings. The predicted octanol–water partition coefficient (Wildman–Crippen LogP) is 2.02. The normalized spacial score (nSPS) is 24.5. The van der Waals surface area contributed by atoms with E-state index < -0.39 is 29.3 Å². The first kappa shape index (κ1) is 15.4. The summed E-state index contributed by atoms with van der Waals surface area (Å²) in [5.74, 6) is -5.14. The molecule has 0 aromatic heterocycles. The van der Waals surface area contributed by atoms with Gasteiger partial charge >= 0.3 is 5.92 Å². The second-order valence-corrected chi connectivity index (χ2v) is 5.92. The Labute approximate surface area is 121 Å². The molecule has 0 radical (unpaired) electrons. The van der Waals surface area contributed by atoms with Gasteiger partial charge in [-0.25, -0.2) is 0 Å². The lowest BCUT2D eigenvalue weighted by Gasteiger charge is -2.29. The van der Waals surface area contributed by atoms with Gasteiger partial charge in [0.25, 0.3) is 5.91 Å². The van der Waals surface area contributed by atoms with Crippen LogP contribution in [0.25, 0.3) is 0 Å². The maximum atomic E-state index is 13.1. The topological polar surface area (TPSA) is 58.2 Å². The highest BCUT2D eigenvalue weighted by molar-refractivity contribution is 5.89. The molecule has 0 spiro atoms. The third-order valence-corrected chi connectivity index (χ3v) is 3.83. The predicted molar refractivity (Wildman–Crippen MR) is 73.7 cm³/mol. The van der Waals surface area contributed by atoms with E-state index in [1.54, 1.807) is 38.1 Å². The number of hydrogen-bond acceptors (Lipinski definition) is 2. The number of nitrogens with one attached hydrogen (secondary N) is 2. The Hall–Kier alpha value is -1.98. The zero-order valence-corrected chi connectivity index (χ0v) is 12.1. The molecule has 6 heteroatoms. The van der Waals surface area contributed by atoms with Crippen LogP contribution in [0, 0.1) is 5.41 Å². The molecule has 0 bridgehead atoms. The van der Waals surface area contributed by atoms with Gasteiger partial charge in [0, 0.05) is 6.92 Å². The fourth-order valence-corrected chi connectivity index (χ4v) is 2.44. The summed E-state index contributed by atoms with van der Waals surface area (Å²) in [4.78, 5) is 23.7. The molecule has 21 heavy (non-hydrogen) atoms. The number of carbonyl (C=O) groups is 2. The quantitative estimate of drug-likeness (QED) is 0.896. The summed E-state index contributed by atoms with van der Waals surface area (Å²) in [6, 6.07) is 7.70. The van der Waals surface area contributed by atoms with E-state index in [1.165, 1.54) is 0 Å². The molecule has 2 amide bonds. The van der Waals surface area contributed by atoms with Crippen LogP contribution < -0.4 is 10.6 Å². The lowest BCUT2D eigenvalue weighted by molar-refractivity contribution is -0.144. The molecule has 4 nitrogen and oxygen atoms in total. The van der Waals surface area contributed by atoms with Crippen LogP contribution in [0.15, 0.2) is 30.3 Å². The zero-order chi connectivity index (χ0) is 15.8. The molecule has 2 atom stereocenters. The van der Waals surface area contributed by atoms with E-state index in [0.717, 1.165) is 5.56 Å². The first-order chi connectivity index (χ1) is 9.64. The van der Waals surface area contributed by atoms with E-state index in [0.29, 0.717) is 6.92 Å². The summed E-state index contributed by atoms with van der Waals surface area (Å²) < 4.78 is 26.3. The minimum atomic E-state index is -3.48.